The minimum atomic E-state index is -0.142. The number of benzene rings is 1. The van der Waals surface area contributed by atoms with E-state index in [1.807, 2.05) is 0 Å². The first-order valence-corrected chi connectivity index (χ1v) is 7.86. The Morgan fingerprint density at radius 1 is 0.952 bits per heavy atom. The van der Waals surface area contributed by atoms with Gasteiger partial charge in [-0.1, -0.05) is 26.0 Å². The van der Waals surface area contributed by atoms with Gasteiger partial charge in [0, 0.05) is 6.54 Å². The number of hydrogen-bond donors (Lipinski definition) is 0. The van der Waals surface area contributed by atoms with Gasteiger partial charge in [-0.05, 0) is 51.0 Å². The van der Waals surface area contributed by atoms with Crippen molar-refractivity contribution in [2.75, 3.05) is 26.2 Å². The zero-order valence-corrected chi connectivity index (χ0v) is 13.0. The molecule has 114 valence electrons. The van der Waals surface area contributed by atoms with Crippen LogP contribution in [-0.2, 0) is 0 Å². The van der Waals surface area contributed by atoms with E-state index in [0.29, 0.717) is 17.7 Å². The van der Waals surface area contributed by atoms with Gasteiger partial charge in [-0.2, -0.15) is 0 Å². The number of carbonyl (C=O) groups is 2. The van der Waals surface area contributed by atoms with Crippen molar-refractivity contribution in [2.24, 2.45) is 0 Å². The first kappa shape index (κ1) is 15.7. The fourth-order valence-corrected chi connectivity index (χ4v) is 2.79. The highest BCUT2D eigenvalue weighted by atomic mass is 16.2. The van der Waals surface area contributed by atoms with Crippen LogP contribution in [-0.4, -0.2) is 47.8 Å². The fourth-order valence-electron chi connectivity index (χ4n) is 2.79. The molecule has 0 saturated heterocycles. The van der Waals surface area contributed by atoms with Gasteiger partial charge in [0.05, 0.1) is 11.1 Å². The third-order valence-corrected chi connectivity index (χ3v) is 3.97. The SMILES string of the molecule is CCCN(CC)CCCCN1C(=O)c2ccccc2C1=O. The fraction of sp³-hybridized carbons (Fsp3) is 0.529. The summed E-state index contributed by atoms with van der Waals surface area (Å²) in [7, 11) is 0. The average molecular weight is 288 g/mol. The molecule has 1 heterocycles. The molecular weight excluding hydrogens is 264 g/mol. The molecule has 2 rings (SSSR count). The lowest BCUT2D eigenvalue weighted by atomic mass is 10.1. The molecule has 4 heteroatoms. The maximum absolute atomic E-state index is 12.2. The smallest absolute Gasteiger partial charge is 0.261 e. The predicted molar refractivity (Wildman–Crippen MR) is 83.4 cm³/mol. The van der Waals surface area contributed by atoms with Gasteiger partial charge in [-0.3, -0.25) is 14.5 Å². The van der Waals surface area contributed by atoms with E-state index in [-0.39, 0.29) is 11.8 Å². The molecule has 0 fully saturated rings. The van der Waals surface area contributed by atoms with E-state index < -0.39 is 0 Å². The molecular formula is C17H24N2O2. The van der Waals surface area contributed by atoms with E-state index >= 15 is 0 Å². The summed E-state index contributed by atoms with van der Waals surface area (Å²) in [6.45, 7) is 8.08. The van der Waals surface area contributed by atoms with Crippen molar-refractivity contribution < 1.29 is 9.59 Å². The number of rotatable bonds is 8. The van der Waals surface area contributed by atoms with Gasteiger partial charge in [-0.25, -0.2) is 0 Å². The van der Waals surface area contributed by atoms with Gasteiger partial charge in [0.25, 0.3) is 11.8 Å². The monoisotopic (exact) mass is 288 g/mol. The second kappa shape index (κ2) is 7.36. The topological polar surface area (TPSA) is 40.6 Å². The molecule has 0 radical (unpaired) electrons. The van der Waals surface area contributed by atoms with E-state index in [1.54, 1.807) is 24.3 Å². The predicted octanol–water partition coefficient (Wildman–Crippen LogP) is 2.79. The van der Waals surface area contributed by atoms with Crippen LogP contribution in [0.25, 0.3) is 0 Å². The van der Waals surface area contributed by atoms with Crippen molar-refractivity contribution in [3.8, 4) is 0 Å². The van der Waals surface area contributed by atoms with E-state index in [9.17, 15) is 9.59 Å². The second-order valence-corrected chi connectivity index (χ2v) is 5.45. The van der Waals surface area contributed by atoms with Crippen molar-refractivity contribution in [3.05, 3.63) is 35.4 Å². The van der Waals surface area contributed by atoms with Gasteiger partial charge in [-0.15, -0.1) is 0 Å². The number of fused-ring (bicyclic) bond motifs is 1. The van der Waals surface area contributed by atoms with Gasteiger partial charge in [0.2, 0.25) is 0 Å². The number of hydrogen-bond acceptors (Lipinski definition) is 3. The molecule has 0 bridgehead atoms. The molecule has 0 spiro atoms. The van der Waals surface area contributed by atoms with Crippen molar-refractivity contribution in [1.82, 2.24) is 9.80 Å². The van der Waals surface area contributed by atoms with Crippen LogP contribution >= 0.6 is 0 Å². The summed E-state index contributed by atoms with van der Waals surface area (Å²) >= 11 is 0. The molecule has 1 aliphatic rings. The van der Waals surface area contributed by atoms with E-state index in [1.165, 1.54) is 4.90 Å². The zero-order valence-electron chi connectivity index (χ0n) is 13.0. The Morgan fingerprint density at radius 2 is 1.57 bits per heavy atom. The van der Waals surface area contributed by atoms with Crippen LogP contribution in [0.3, 0.4) is 0 Å². The number of unbranched alkanes of at least 4 members (excludes halogenated alkanes) is 1. The Morgan fingerprint density at radius 3 is 2.10 bits per heavy atom. The summed E-state index contributed by atoms with van der Waals surface area (Å²) in [5.41, 5.74) is 1.09. The standard InChI is InChI=1S/C17H24N2O2/c1-3-11-18(4-2)12-7-8-13-19-16(20)14-9-5-6-10-15(14)17(19)21/h5-6,9-10H,3-4,7-8,11-13H2,1-2H3. The molecule has 21 heavy (non-hydrogen) atoms. The van der Waals surface area contributed by atoms with Crippen LogP contribution in [0.2, 0.25) is 0 Å². The normalized spacial score (nSPS) is 14.1. The largest absolute Gasteiger partial charge is 0.304 e. The third-order valence-electron chi connectivity index (χ3n) is 3.97. The molecule has 0 N–H and O–H groups in total. The lowest BCUT2D eigenvalue weighted by Gasteiger charge is -2.20. The maximum Gasteiger partial charge on any atom is 0.261 e. The quantitative estimate of drug-likeness (QED) is 0.545. The Kier molecular flexibility index (Phi) is 5.51. The van der Waals surface area contributed by atoms with E-state index in [2.05, 4.69) is 18.7 Å². The summed E-state index contributed by atoms with van der Waals surface area (Å²) in [6, 6.07) is 7.07. The minimum absolute atomic E-state index is 0.142. The van der Waals surface area contributed by atoms with Crippen molar-refractivity contribution in [2.45, 2.75) is 33.1 Å². The summed E-state index contributed by atoms with van der Waals surface area (Å²) < 4.78 is 0. The molecule has 0 unspecified atom stereocenters. The average Bonchev–Trinajstić information content (AvgIpc) is 2.75. The first-order chi connectivity index (χ1) is 10.2. The number of carbonyl (C=O) groups excluding carboxylic acids is 2. The molecule has 0 atom stereocenters. The summed E-state index contributed by atoms with van der Waals surface area (Å²) in [6.07, 6.45) is 3.04. The van der Waals surface area contributed by atoms with E-state index in [0.717, 1.165) is 38.9 Å². The van der Waals surface area contributed by atoms with Crippen LogP contribution in [0.15, 0.2) is 24.3 Å². The number of nitrogens with zero attached hydrogens (tertiary/aromatic N) is 2. The minimum Gasteiger partial charge on any atom is -0.304 e. The van der Waals surface area contributed by atoms with Gasteiger partial charge >= 0.3 is 0 Å². The molecule has 0 aromatic heterocycles. The Hall–Kier alpha value is -1.68. The Balaban J connectivity index is 1.83. The molecule has 1 aliphatic heterocycles. The van der Waals surface area contributed by atoms with Crippen molar-refractivity contribution in [1.29, 1.82) is 0 Å². The maximum atomic E-state index is 12.2. The Bertz CT molecular complexity index is 478. The van der Waals surface area contributed by atoms with Gasteiger partial charge in [0.15, 0.2) is 0 Å². The lowest BCUT2D eigenvalue weighted by molar-refractivity contribution is 0.0650. The molecule has 4 nitrogen and oxygen atoms in total. The second-order valence-electron chi connectivity index (χ2n) is 5.45. The van der Waals surface area contributed by atoms with E-state index in [4.69, 9.17) is 0 Å². The third kappa shape index (κ3) is 3.50. The van der Waals surface area contributed by atoms with Crippen molar-refractivity contribution in [3.63, 3.8) is 0 Å². The van der Waals surface area contributed by atoms with Crippen LogP contribution in [0, 0.1) is 0 Å². The highest BCUT2D eigenvalue weighted by Gasteiger charge is 2.34. The number of imide groups is 1. The van der Waals surface area contributed by atoms with Gasteiger partial charge < -0.3 is 4.90 Å². The van der Waals surface area contributed by atoms with Gasteiger partial charge in [0.1, 0.15) is 0 Å². The first-order valence-electron chi connectivity index (χ1n) is 7.86. The highest BCUT2D eigenvalue weighted by molar-refractivity contribution is 6.21. The molecule has 1 aromatic rings. The summed E-state index contributed by atoms with van der Waals surface area (Å²) in [5, 5.41) is 0. The van der Waals surface area contributed by atoms with Crippen LogP contribution in [0.4, 0.5) is 0 Å². The highest BCUT2D eigenvalue weighted by Crippen LogP contribution is 2.22. The van der Waals surface area contributed by atoms with Crippen LogP contribution < -0.4 is 0 Å². The molecule has 0 saturated carbocycles. The summed E-state index contributed by atoms with van der Waals surface area (Å²) in [4.78, 5) is 28.2. The lowest BCUT2D eigenvalue weighted by Crippen LogP contribution is -2.31. The van der Waals surface area contributed by atoms with Crippen LogP contribution in [0.1, 0.15) is 53.8 Å². The zero-order chi connectivity index (χ0) is 15.2. The number of amides is 2. The van der Waals surface area contributed by atoms with Crippen LogP contribution in [0.5, 0.6) is 0 Å². The van der Waals surface area contributed by atoms with Crippen molar-refractivity contribution >= 4 is 11.8 Å². The Labute approximate surface area is 126 Å². The molecule has 1 aromatic carbocycles. The molecule has 2 amide bonds. The summed E-state index contributed by atoms with van der Waals surface area (Å²) in [5.74, 6) is -0.284. The molecule has 0 aliphatic carbocycles.